The zero-order valence-corrected chi connectivity index (χ0v) is 11.1. The number of hydrogen-bond donors (Lipinski definition) is 1. The number of amides is 1. The van der Waals surface area contributed by atoms with Gasteiger partial charge in [0.25, 0.3) is 5.91 Å². The molecular weight excluding hydrogens is 296 g/mol. The lowest BCUT2D eigenvalue weighted by molar-refractivity contribution is 0.0229. The van der Waals surface area contributed by atoms with Gasteiger partial charge in [-0.1, -0.05) is 36.4 Å². The summed E-state index contributed by atoms with van der Waals surface area (Å²) in [7, 11) is 0. The van der Waals surface area contributed by atoms with Gasteiger partial charge in [-0.15, -0.1) is 0 Å². The van der Waals surface area contributed by atoms with Gasteiger partial charge in [-0.05, 0) is 33.6 Å². The van der Waals surface area contributed by atoms with Crippen molar-refractivity contribution in [2.24, 2.45) is 0 Å². The zero-order chi connectivity index (χ0) is 12.8. The molecule has 4 nitrogen and oxygen atoms in total. The van der Waals surface area contributed by atoms with Crippen LogP contribution in [0.15, 0.2) is 53.1 Å². The van der Waals surface area contributed by atoms with Gasteiger partial charge in [0.1, 0.15) is 10.3 Å². The predicted molar refractivity (Wildman–Crippen MR) is 70.6 cm³/mol. The van der Waals surface area contributed by atoms with E-state index in [2.05, 4.69) is 26.4 Å². The first-order valence-electron chi connectivity index (χ1n) is 5.34. The molecule has 1 aromatic carbocycles. The Bertz CT molecular complexity index is 532. The molecule has 1 aromatic heterocycles. The number of nitrogens with zero attached hydrogens (tertiary/aromatic N) is 1. The van der Waals surface area contributed by atoms with E-state index < -0.39 is 0 Å². The van der Waals surface area contributed by atoms with Crippen molar-refractivity contribution in [2.75, 3.05) is 0 Å². The Balaban J connectivity index is 1.86. The molecule has 0 spiro atoms. The van der Waals surface area contributed by atoms with Crippen LogP contribution in [0.1, 0.15) is 16.1 Å². The second-order valence-corrected chi connectivity index (χ2v) is 4.36. The fourth-order valence-corrected chi connectivity index (χ4v) is 1.69. The van der Waals surface area contributed by atoms with Crippen LogP contribution in [0.2, 0.25) is 0 Å². The fraction of sp³-hybridized carbons (Fsp3) is 0.0769. The van der Waals surface area contributed by atoms with Gasteiger partial charge in [-0.2, -0.15) is 0 Å². The third-order valence-corrected chi connectivity index (χ3v) is 2.64. The molecule has 5 heteroatoms. The summed E-state index contributed by atoms with van der Waals surface area (Å²) >= 11 is 3.20. The minimum absolute atomic E-state index is 0.303. The maximum Gasteiger partial charge on any atom is 0.293 e. The monoisotopic (exact) mass is 306 g/mol. The van der Waals surface area contributed by atoms with Gasteiger partial charge < -0.3 is 0 Å². The second-order valence-electron chi connectivity index (χ2n) is 3.55. The molecule has 0 aliphatic carbocycles. The van der Waals surface area contributed by atoms with E-state index in [1.165, 1.54) is 0 Å². The molecule has 2 rings (SSSR count). The van der Waals surface area contributed by atoms with E-state index in [-0.39, 0.29) is 5.91 Å². The molecular formula is C13H11BrN2O2. The summed E-state index contributed by atoms with van der Waals surface area (Å²) in [6, 6.07) is 14.7. The maximum atomic E-state index is 11.7. The highest BCUT2D eigenvalue weighted by atomic mass is 79.9. The topological polar surface area (TPSA) is 51.2 Å². The Hall–Kier alpha value is -1.72. The Kier molecular flexibility index (Phi) is 4.44. The molecule has 1 N–H and O–H groups in total. The van der Waals surface area contributed by atoms with E-state index in [0.29, 0.717) is 16.9 Å². The number of rotatable bonds is 4. The SMILES string of the molecule is O=C(NOCc1ccccc1)c1cccc(Br)n1. The summed E-state index contributed by atoms with van der Waals surface area (Å²) in [5.74, 6) is -0.368. The highest BCUT2D eigenvalue weighted by Gasteiger charge is 2.06. The molecule has 0 radical (unpaired) electrons. The standard InChI is InChI=1S/C13H11BrN2O2/c14-12-8-4-7-11(15-12)13(17)16-18-9-10-5-2-1-3-6-10/h1-8H,9H2,(H,16,17). The Morgan fingerprint density at radius 2 is 1.94 bits per heavy atom. The first-order chi connectivity index (χ1) is 8.75. The predicted octanol–water partition coefficient (Wildman–Crippen LogP) is 2.71. The zero-order valence-electron chi connectivity index (χ0n) is 9.47. The summed E-state index contributed by atoms with van der Waals surface area (Å²) in [5, 5.41) is 0. The molecule has 0 saturated heterocycles. The van der Waals surface area contributed by atoms with Gasteiger partial charge in [0.2, 0.25) is 0 Å². The lowest BCUT2D eigenvalue weighted by atomic mass is 10.2. The second kappa shape index (κ2) is 6.28. The van der Waals surface area contributed by atoms with Gasteiger partial charge in [0, 0.05) is 0 Å². The van der Waals surface area contributed by atoms with Gasteiger partial charge in [-0.3, -0.25) is 9.63 Å². The van der Waals surface area contributed by atoms with Crippen LogP contribution in [0.5, 0.6) is 0 Å². The van der Waals surface area contributed by atoms with Crippen LogP contribution < -0.4 is 5.48 Å². The van der Waals surface area contributed by atoms with Gasteiger partial charge >= 0.3 is 0 Å². The molecule has 92 valence electrons. The molecule has 2 aromatic rings. The molecule has 0 atom stereocenters. The van der Waals surface area contributed by atoms with Crippen LogP contribution in [-0.2, 0) is 11.4 Å². The Labute approximate surface area is 113 Å². The van der Waals surface area contributed by atoms with Crippen LogP contribution in [0.4, 0.5) is 0 Å². The molecule has 0 saturated carbocycles. The van der Waals surface area contributed by atoms with Crippen LogP contribution in [0, 0.1) is 0 Å². The normalized spacial score (nSPS) is 10.1. The van der Waals surface area contributed by atoms with Crippen LogP contribution in [0.25, 0.3) is 0 Å². The average molecular weight is 307 g/mol. The quantitative estimate of drug-likeness (QED) is 0.698. The first-order valence-corrected chi connectivity index (χ1v) is 6.13. The molecule has 18 heavy (non-hydrogen) atoms. The number of carbonyl (C=O) groups excluding carboxylic acids is 1. The third kappa shape index (κ3) is 3.65. The van der Waals surface area contributed by atoms with Crippen molar-refractivity contribution in [1.29, 1.82) is 0 Å². The smallest absolute Gasteiger partial charge is 0.269 e. The van der Waals surface area contributed by atoms with Gasteiger partial charge in [0.05, 0.1) is 6.61 Å². The largest absolute Gasteiger partial charge is 0.293 e. The van der Waals surface area contributed by atoms with E-state index in [0.717, 1.165) is 5.56 Å². The minimum atomic E-state index is -0.368. The lowest BCUT2D eigenvalue weighted by Gasteiger charge is -2.05. The first kappa shape index (κ1) is 12.7. The van der Waals surface area contributed by atoms with E-state index in [4.69, 9.17) is 4.84 Å². The summed E-state index contributed by atoms with van der Waals surface area (Å²) < 4.78 is 0.609. The van der Waals surface area contributed by atoms with E-state index in [1.807, 2.05) is 30.3 Å². The number of hydroxylamine groups is 1. The molecule has 1 heterocycles. The van der Waals surface area contributed by atoms with Crippen molar-refractivity contribution in [3.8, 4) is 0 Å². The fourth-order valence-electron chi connectivity index (χ4n) is 1.35. The summed E-state index contributed by atoms with van der Waals surface area (Å²) in [4.78, 5) is 20.8. The summed E-state index contributed by atoms with van der Waals surface area (Å²) in [6.45, 7) is 0.320. The van der Waals surface area contributed by atoms with E-state index >= 15 is 0 Å². The van der Waals surface area contributed by atoms with Gasteiger partial charge in [-0.25, -0.2) is 10.5 Å². The molecule has 0 bridgehead atoms. The highest BCUT2D eigenvalue weighted by molar-refractivity contribution is 9.10. The third-order valence-electron chi connectivity index (χ3n) is 2.19. The minimum Gasteiger partial charge on any atom is -0.269 e. The number of hydrogen-bond acceptors (Lipinski definition) is 3. The van der Waals surface area contributed by atoms with Crippen molar-refractivity contribution < 1.29 is 9.63 Å². The van der Waals surface area contributed by atoms with Crippen molar-refractivity contribution in [3.05, 3.63) is 64.4 Å². The van der Waals surface area contributed by atoms with Crippen molar-refractivity contribution in [3.63, 3.8) is 0 Å². The number of carbonyl (C=O) groups is 1. The highest BCUT2D eigenvalue weighted by Crippen LogP contribution is 2.06. The van der Waals surface area contributed by atoms with E-state index in [1.54, 1.807) is 18.2 Å². The maximum absolute atomic E-state index is 11.7. The van der Waals surface area contributed by atoms with Crippen LogP contribution >= 0.6 is 15.9 Å². The summed E-state index contributed by atoms with van der Waals surface area (Å²) in [5.41, 5.74) is 3.64. The Morgan fingerprint density at radius 3 is 2.67 bits per heavy atom. The molecule has 0 aliphatic heterocycles. The van der Waals surface area contributed by atoms with Crippen molar-refractivity contribution in [2.45, 2.75) is 6.61 Å². The van der Waals surface area contributed by atoms with Crippen LogP contribution in [0.3, 0.4) is 0 Å². The molecule has 1 amide bonds. The summed E-state index contributed by atoms with van der Waals surface area (Å²) in [6.07, 6.45) is 0. The average Bonchev–Trinajstić information content (AvgIpc) is 2.40. The number of halogens is 1. The van der Waals surface area contributed by atoms with Crippen molar-refractivity contribution >= 4 is 21.8 Å². The molecule has 0 unspecified atom stereocenters. The number of pyridine rings is 1. The van der Waals surface area contributed by atoms with Gasteiger partial charge in [0.15, 0.2) is 0 Å². The number of aromatic nitrogens is 1. The number of benzene rings is 1. The van der Waals surface area contributed by atoms with E-state index in [9.17, 15) is 4.79 Å². The van der Waals surface area contributed by atoms with Crippen molar-refractivity contribution in [1.82, 2.24) is 10.5 Å². The van der Waals surface area contributed by atoms with Crippen LogP contribution in [-0.4, -0.2) is 10.9 Å². The Morgan fingerprint density at radius 1 is 1.17 bits per heavy atom. The lowest BCUT2D eigenvalue weighted by Crippen LogP contribution is -2.24. The molecule has 0 fully saturated rings. The number of nitrogens with one attached hydrogen (secondary N) is 1. The molecule has 0 aliphatic rings.